The van der Waals surface area contributed by atoms with Gasteiger partial charge in [0.05, 0.1) is 12.0 Å². The molecule has 2 N–H and O–H groups in total. The number of ketones is 1. The van der Waals surface area contributed by atoms with Crippen LogP contribution in [0.5, 0.6) is 0 Å². The summed E-state index contributed by atoms with van der Waals surface area (Å²) in [5.74, 6) is 7.22. The molecule has 128 valence electrons. The highest BCUT2D eigenvalue weighted by molar-refractivity contribution is 5.90. The Balaban J connectivity index is 1.74. The lowest BCUT2D eigenvalue weighted by molar-refractivity contribution is -0.154. The van der Waals surface area contributed by atoms with Crippen LogP contribution in [0.1, 0.15) is 65.2 Å². The molecule has 0 saturated heterocycles. The molecule has 3 aliphatic carbocycles. The van der Waals surface area contributed by atoms with Crippen molar-refractivity contribution < 1.29 is 15.0 Å². The van der Waals surface area contributed by atoms with Crippen LogP contribution in [0.2, 0.25) is 0 Å². The molecule has 3 rings (SSSR count). The van der Waals surface area contributed by atoms with Crippen LogP contribution in [0, 0.1) is 41.4 Å². The van der Waals surface area contributed by atoms with Gasteiger partial charge in [-0.2, -0.15) is 0 Å². The molecular formula is C20H30O3. The van der Waals surface area contributed by atoms with Crippen LogP contribution >= 0.6 is 0 Å². The molecule has 0 spiro atoms. The number of hydrogen-bond acceptors (Lipinski definition) is 3. The van der Waals surface area contributed by atoms with E-state index in [0.717, 1.165) is 38.5 Å². The topological polar surface area (TPSA) is 57.5 Å². The first-order valence-corrected chi connectivity index (χ1v) is 9.42. The first-order chi connectivity index (χ1) is 11.0. The summed E-state index contributed by atoms with van der Waals surface area (Å²) in [6, 6.07) is 0. The van der Waals surface area contributed by atoms with Crippen LogP contribution < -0.4 is 0 Å². The molecule has 3 heteroatoms. The Morgan fingerprint density at radius 1 is 1.26 bits per heavy atom. The highest BCUT2D eigenvalue weighted by Crippen LogP contribution is 2.51. The maximum Gasteiger partial charge on any atom is 0.139 e. The van der Waals surface area contributed by atoms with Gasteiger partial charge in [-0.15, -0.1) is 0 Å². The average molecular weight is 318 g/mol. The third kappa shape index (κ3) is 3.08. The van der Waals surface area contributed by atoms with Gasteiger partial charge >= 0.3 is 0 Å². The number of Topliss-reactive ketones (excluding diaryl/α,β-unsaturated/α-hetero) is 1. The van der Waals surface area contributed by atoms with E-state index in [9.17, 15) is 15.0 Å². The standard InChI is InChI=1S/C20H30O3/c1-3-4-8-15-18-14(17(21)10-9-16(18)19(15)22)11-12-20(2,23)13-6-5-7-13/h13-18,21,23H,3-10H2,1-2H3/t14-,15?,16-,17+,18-,20+/m0/s1. The van der Waals surface area contributed by atoms with Crippen molar-refractivity contribution in [2.24, 2.45) is 29.6 Å². The zero-order valence-electron chi connectivity index (χ0n) is 14.4. The minimum Gasteiger partial charge on any atom is -0.392 e. The van der Waals surface area contributed by atoms with Gasteiger partial charge in [-0.1, -0.05) is 38.0 Å². The van der Waals surface area contributed by atoms with Crippen molar-refractivity contribution in [1.82, 2.24) is 0 Å². The van der Waals surface area contributed by atoms with Gasteiger partial charge in [0.2, 0.25) is 0 Å². The van der Waals surface area contributed by atoms with Gasteiger partial charge in [0.25, 0.3) is 0 Å². The molecule has 3 fully saturated rings. The summed E-state index contributed by atoms with van der Waals surface area (Å²) < 4.78 is 0. The molecule has 0 radical (unpaired) electrons. The maximum atomic E-state index is 12.3. The first kappa shape index (κ1) is 17.0. The third-order valence-electron chi connectivity index (χ3n) is 6.52. The van der Waals surface area contributed by atoms with E-state index in [-0.39, 0.29) is 29.6 Å². The van der Waals surface area contributed by atoms with Crippen molar-refractivity contribution in [3.63, 3.8) is 0 Å². The van der Waals surface area contributed by atoms with Crippen molar-refractivity contribution in [3.05, 3.63) is 0 Å². The van der Waals surface area contributed by atoms with E-state index in [1.165, 1.54) is 6.42 Å². The van der Waals surface area contributed by atoms with Gasteiger partial charge in [0.1, 0.15) is 11.4 Å². The van der Waals surface area contributed by atoms with E-state index in [1.54, 1.807) is 6.92 Å². The summed E-state index contributed by atoms with van der Waals surface area (Å²) in [6.07, 6.45) is 7.37. The first-order valence-electron chi connectivity index (χ1n) is 9.42. The van der Waals surface area contributed by atoms with Gasteiger partial charge < -0.3 is 10.2 Å². The number of aliphatic hydroxyl groups excluding tert-OH is 1. The minimum atomic E-state index is -0.947. The number of fused-ring (bicyclic) bond motifs is 1. The van der Waals surface area contributed by atoms with Crippen LogP contribution in [0.3, 0.4) is 0 Å². The quantitative estimate of drug-likeness (QED) is 0.784. The van der Waals surface area contributed by atoms with E-state index in [0.29, 0.717) is 12.2 Å². The molecule has 23 heavy (non-hydrogen) atoms. The lowest BCUT2D eigenvalue weighted by Gasteiger charge is -2.51. The molecule has 3 nitrogen and oxygen atoms in total. The lowest BCUT2D eigenvalue weighted by atomic mass is 9.52. The van der Waals surface area contributed by atoms with E-state index in [1.807, 2.05) is 0 Å². The minimum absolute atomic E-state index is 0.0860. The van der Waals surface area contributed by atoms with Crippen LogP contribution in [-0.4, -0.2) is 27.7 Å². The Morgan fingerprint density at radius 3 is 2.61 bits per heavy atom. The van der Waals surface area contributed by atoms with Crippen molar-refractivity contribution in [2.45, 2.75) is 76.9 Å². The fourth-order valence-corrected chi connectivity index (χ4v) is 4.69. The van der Waals surface area contributed by atoms with Crippen LogP contribution in [0.4, 0.5) is 0 Å². The average Bonchev–Trinajstić information content (AvgIpc) is 2.43. The summed E-state index contributed by atoms with van der Waals surface area (Å²) >= 11 is 0. The molecule has 6 atom stereocenters. The van der Waals surface area contributed by atoms with Crippen molar-refractivity contribution in [1.29, 1.82) is 0 Å². The molecule has 0 aliphatic heterocycles. The Kier molecular flexibility index (Phi) is 4.85. The smallest absolute Gasteiger partial charge is 0.139 e. The van der Waals surface area contributed by atoms with Crippen molar-refractivity contribution in [2.75, 3.05) is 0 Å². The second-order valence-corrected chi connectivity index (χ2v) is 8.05. The van der Waals surface area contributed by atoms with Gasteiger partial charge in [-0.3, -0.25) is 4.79 Å². The van der Waals surface area contributed by atoms with Gasteiger partial charge in [-0.05, 0) is 50.9 Å². The predicted octanol–water partition coefficient (Wildman–Crippen LogP) is 2.93. The van der Waals surface area contributed by atoms with E-state index < -0.39 is 11.7 Å². The van der Waals surface area contributed by atoms with E-state index in [4.69, 9.17) is 0 Å². The zero-order valence-corrected chi connectivity index (χ0v) is 14.4. The van der Waals surface area contributed by atoms with Crippen molar-refractivity contribution in [3.8, 4) is 11.8 Å². The highest BCUT2D eigenvalue weighted by atomic mass is 16.3. The number of carbonyl (C=O) groups is 1. The Hall–Kier alpha value is -0.850. The lowest BCUT2D eigenvalue weighted by Crippen LogP contribution is -2.56. The summed E-state index contributed by atoms with van der Waals surface area (Å²) in [7, 11) is 0. The molecule has 0 aromatic rings. The number of aliphatic hydroxyl groups is 2. The summed E-state index contributed by atoms with van der Waals surface area (Å²) in [4.78, 5) is 12.3. The predicted molar refractivity (Wildman–Crippen MR) is 89.5 cm³/mol. The highest BCUT2D eigenvalue weighted by Gasteiger charge is 2.55. The maximum absolute atomic E-state index is 12.3. The van der Waals surface area contributed by atoms with Gasteiger partial charge in [-0.25, -0.2) is 0 Å². The van der Waals surface area contributed by atoms with Gasteiger partial charge in [0, 0.05) is 11.8 Å². The van der Waals surface area contributed by atoms with Gasteiger partial charge in [0.15, 0.2) is 0 Å². The largest absolute Gasteiger partial charge is 0.392 e. The second-order valence-electron chi connectivity index (χ2n) is 8.05. The van der Waals surface area contributed by atoms with Crippen LogP contribution in [0.15, 0.2) is 0 Å². The normalized spacial score (nSPS) is 39.3. The number of carbonyl (C=O) groups excluding carboxylic acids is 1. The number of unbranched alkanes of at least 4 members (excludes halogenated alkanes) is 1. The second kappa shape index (κ2) is 6.57. The summed E-state index contributed by atoms with van der Waals surface area (Å²) in [5, 5.41) is 21.0. The molecule has 0 heterocycles. The Bertz CT molecular complexity index is 509. The summed E-state index contributed by atoms with van der Waals surface area (Å²) in [6.45, 7) is 3.94. The van der Waals surface area contributed by atoms with Crippen LogP contribution in [0.25, 0.3) is 0 Å². The summed E-state index contributed by atoms with van der Waals surface area (Å²) in [5.41, 5.74) is -0.947. The van der Waals surface area contributed by atoms with E-state index in [2.05, 4.69) is 18.8 Å². The Labute approximate surface area is 139 Å². The molecule has 0 bridgehead atoms. The van der Waals surface area contributed by atoms with Crippen LogP contribution in [-0.2, 0) is 4.79 Å². The molecule has 0 aromatic carbocycles. The fraction of sp³-hybridized carbons (Fsp3) is 0.850. The molecule has 1 unspecified atom stereocenters. The Morgan fingerprint density at radius 2 is 2.00 bits per heavy atom. The fourth-order valence-electron chi connectivity index (χ4n) is 4.69. The molecule has 3 aliphatic rings. The number of rotatable bonds is 4. The molecule has 0 amide bonds. The SMILES string of the molecule is CCCCC1C(=O)[C@H]2CC[C@@H](O)[C@H](C#C[C@@](C)(O)C3CCC3)[C@@H]12. The molecule has 0 aromatic heterocycles. The monoisotopic (exact) mass is 318 g/mol. The molecular weight excluding hydrogens is 288 g/mol. The number of hydrogen-bond donors (Lipinski definition) is 2. The van der Waals surface area contributed by atoms with Crippen molar-refractivity contribution >= 4 is 5.78 Å². The molecule has 3 saturated carbocycles. The van der Waals surface area contributed by atoms with E-state index >= 15 is 0 Å². The zero-order chi connectivity index (χ0) is 16.6. The third-order valence-corrected chi connectivity index (χ3v) is 6.52.